The second kappa shape index (κ2) is 13.8. The van der Waals surface area contributed by atoms with E-state index < -0.39 is 0 Å². The molecular weight excluding hydrogens is 671 g/mol. The van der Waals surface area contributed by atoms with Gasteiger partial charge in [0.2, 0.25) is 0 Å². The van der Waals surface area contributed by atoms with Gasteiger partial charge in [-0.3, -0.25) is 0 Å². The second-order valence-corrected chi connectivity index (χ2v) is 13.5. The van der Waals surface area contributed by atoms with Crippen molar-refractivity contribution in [3.8, 4) is 73.4 Å². The van der Waals surface area contributed by atoms with E-state index in [1.54, 1.807) is 0 Å². The van der Waals surface area contributed by atoms with Gasteiger partial charge in [0.15, 0.2) is 17.5 Å². The molecule has 0 unspecified atom stereocenters. The van der Waals surface area contributed by atoms with Crippen LogP contribution < -0.4 is 0 Å². The third-order valence-electron chi connectivity index (χ3n) is 10.0. The van der Waals surface area contributed by atoms with Crippen LogP contribution in [0.4, 0.5) is 0 Å². The van der Waals surface area contributed by atoms with E-state index in [2.05, 4.69) is 156 Å². The standard InChI is InChI=1S/C50H33N5/c1-6-17-34(18-7-1)38-25-16-26-40(31-38)49-51-48(37-23-12-4-13-24-37)52-50(53-49)41-30-29-39-32-43(35-19-8-2-9-20-35)45-46(36-21-10-3-11-22-36)54-55(47(45)44(39)33-41)42-27-14-5-15-28-42/h1-33H. The quantitative estimate of drug-likeness (QED) is 0.166. The van der Waals surface area contributed by atoms with Crippen molar-refractivity contribution in [1.29, 1.82) is 0 Å². The van der Waals surface area contributed by atoms with E-state index in [1.165, 1.54) is 0 Å². The highest BCUT2D eigenvalue weighted by Gasteiger charge is 2.22. The van der Waals surface area contributed by atoms with Crippen LogP contribution in [-0.4, -0.2) is 24.7 Å². The second-order valence-electron chi connectivity index (χ2n) is 13.5. The van der Waals surface area contributed by atoms with E-state index in [0.717, 1.165) is 77.6 Å². The molecule has 0 bridgehead atoms. The predicted molar refractivity (Wildman–Crippen MR) is 225 cm³/mol. The van der Waals surface area contributed by atoms with E-state index in [4.69, 9.17) is 20.1 Å². The van der Waals surface area contributed by atoms with E-state index in [-0.39, 0.29) is 0 Å². The summed E-state index contributed by atoms with van der Waals surface area (Å²) >= 11 is 0. The molecule has 10 aromatic rings. The number of para-hydroxylation sites is 1. The molecular formula is C50H33N5. The minimum absolute atomic E-state index is 0.602. The number of fused-ring (bicyclic) bond motifs is 3. The third kappa shape index (κ3) is 6.04. The summed E-state index contributed by atoms with van der Waals surface area (Å²) in [7, 11) is 0. The number of rotatable bonds is 7. The van der Waals surface area contributed by atoms with Crippen molar-refractivity contribution in [1.82, 2.24) is 24.7 Å². The lowest BCUT2D eigenvalue weighted by Gasteiger charge is -2.13. The molecule has 0 aliphatic rings. The summed E-state index contributed by atoms with van der Waals surface area (Å²) in [5.41, 5.74) is 11.2. The fourth-order valence-corrected chi connectivity index (χ4v) is 7.39. The predicted octanol–water partition coefficient (Wildman–Crippen LogP) is 12.4. The highest BCUT2D eigenvalue weighted by molar-refractivity contribution is 6.17. The maximum atomic E-state index is 5.38. The van der Waals surface area contributed by atoms with Gasteiger partial charge < -0.3 is 0 Å². The molecule has 55 heavy (non-hydrogen) atoms. The summed E-state index contributed by atoms with van der Waals surface area (Å²) in [6.45, 7) is 0. The van der Waals surface area contributed by atoms with E-state index >= 15 is 0 Å². The van der Waals surface area contributed by atoms with Crippen molar-refractivity contribution >= 4 is 21.7 Å². The molecule has 2 aromatic heterocycles. The number of nitrogens with zero attached hydrogens (tertiary/aromatic N) is 5. The van der Waals surface area contributed by atoms with Crippen molar-refractivity contribution < 1.29 is 0 Å². The maximum Gasteiger partial charge on any atom is 0.164 e. The van der Waals surface area contributed by atoms with Crippen molar-refractivity contribution in [2.75, 3.05) is 0 Å². The molecule has 0 amide bonds. The largest absolute Gasteiger partial charge is 0.232 e. The average molecular weight is 704 g/mol. The lowest BCUT2D eigenvalue weighted by atomic mass is 9.93. The first-order chi connectivity index (χ1) is 27.3. The molecule has 0 radical (unpaired) electrons. The van der Waals surface area contributed by atoms with Crippen molar-refractivity contribution in [2.24, 2.45) is 0 Å². The van der Waals surface area contributed by atoms with Crippen LogP contribution >= 0.6 is 0 Å². The van der Waals surface area contributed by atoms with Gasteiger partial charge in [0.25, 0.3) is 0 Å². The van der Waals surface area contributed by atoms with Crippen molar-refractivity contribution in [3.05, 3.63) is 200 Å². The Morgan fingerprint density at radius 3 is 1.47 bits per heavy atom. The van der Waals surface area contributed by atoms with E-state index in [9.17, 15) is 0 Å². The van der Waals surface area contributed by atoms with Crippen LogP contribution in [0.5, 0.6) is 0 Å². The van der Waals surface area contributed by atoms with Gasteiger partial charge in [0, 0.05) is 33.0 Å². The highest BCUT2D eigenvalue weighted by Crippen LogP contribution is 2.42. The third-order valence-corrected chi connectivity index (χ3v) is 10.0. The Bertz CT molecular complexity index is 2940. The van der Waals surface area contributed by atoms with E-state index in [1.807, 2.05) is 48.5 Å². The molecule has 0 saturated heterocycles. The first kappa shape index (κ1) is 32.2. The average Bonchev–Trinajstić information content (AvgIpc) is 3.69. The van der Waals surface area contributed by atoms with Crippen LogP contribution in [-0.2, 0) is 0 Å². The highest BCUT2D eigenvalue weighted by atomic mass is 15.3. The summed E-state index contributed by atoms with van der Waals surface area (Å²) in [4.78, 5) is 15.3. The van der Waals surface area contributed by atoms with Gasteiger partial charge in [-0.05, 0) is 58.0 Å². The summed E-state index contributed by atoms with van der Waals surface area (Å²) in [5, 5.41) is 8.63. The van der Waals surface area contributed by atoms with Crippen LogP contribution in [0.3, 0.4) is 0 Å². The monoisotopic (exact) mass is 703 g/mol. The molecule has 0 N–H and O–H groups in total. The fourth-order valence-electron chi connectivity index (χ4n) is 7.39. The maximum absolute atomic E-state index is 5.38. The molecule has 5 nitrogen and oxygen atoms in total. The van der Waals surface area contributed by atoms with Gasteiger partial charge in [-0.15, -0.1) is 0 Å². The van der Waals surface area contributed by atoms with Gasteiger partial charge in [-0.1, -0.05) is 170 Å². The Morgan fingerprint density at radius 2 is 0.836 bits per heavy atom. The smallest absolute Gasteiger partial charge is 0.164 e. The topological polar surface area (TPSA) is 56.5 Å². The number of aromatic nitrogens is 5. The molecule has 0 fully saturated rings. The minimum atomic E-state index is 0.602. The summed E-state index contributed by atoms with van der Waals surface area (Å²) in [5.74, 6) is 1.84. The number of benzene rings is 8. The zero-order valence-electron chi connectivity index (χ0n) is 29.8. The molecule has 0 saturated carbocycles. The Balaban J connectivity index is 1.24. The number of hydrogen-bond donors (Lipinski definition) is 0. The Labute approximate surface area is 318 Å². The van der Waals surface area contributed by atoms with Crippen LogP contribution in [0, 0.1) is 0 Å². The molecule has 258 valence electrons. The van der Waals surface area contributed by atoms with Gasteiger partial charge in [0.05, 0.1) is 11.2 Å². The summed E-state index contributed by atoms with van der Waals surface area (Å²) in [6.07, 6.45) is 0. The molecule has 8 aromatic carbocycles. The van der Waals surface area contributed by atoms with Gasteiger partial charge >= 0.3 is 0 Å². The molecule has 0 atom stereocenters. The van der Waals surface area contributed by atoms with Gasteiger partial charge in [-0.25, -0.2) is 19.6 Å². The molecule has 0 aliphatic heterocycles. The summed E-state index contributed by atoms with van der Waals surface area (Å²) in [6, 6.07) is 69.2. The van der Waals surface area contributed by atoms with Crippen LogP contribution in [0.2, 0.25) is 0 Å². The lowest BCUT2D eigenvalue weighted by Crippen LogP contribution is -2.00. The molecule has 10 rings (SSSR count). The van der Waals surface area contributed by atoms with E-state index in [0.29, 0.717) is 17.5 Å². The van der Waals surface area contributed by atoms with Gasteiger partial charge in [0.1, 0.15) is 5.69 Å². The lowest BCUT2D eigenvalue weighted by molar-refractivity contribution is 0.918. The Morgan fingerprint density at radius 1 is 0.345 bits per heavy atom. The zero-order chi connectivity index (χ0) is 36.6. The van der Waals surface area contributed by atoms with Crippen molar-refractivity contribution in [2.45, 2.75) is 0 Å². The summed E-state index contributed by atoms with van der Waals surface area (Å²) < 4.78 is 2.10. The molecule has 0 aliphatic carbocycles. The van der Waals surface area contributed by atoms with Crippen molar-refractivity contribution in [3.63, 3.8) is 0 Å². The normalized spacial score (nSPS) is 11.3. The number of hydrogen-bond acceptors (Lipinski definition) is 4. The Kier molecular flexibility index (Phi) is 8.08. The fraction of sp³-hybridized carbons (Fsp3) is 0. The minimum Gasteiger partial charge on any atom is -0.232 e. The first-order valence-corrected chi connectivity index (χ1v) is 18.4. The van der Waals surface area contributed by atoms with Crippen LogP contribution in [0.1, 0.15) is 0 Å². The van der Waals surface area contributed by atoms with Gasteiger partial charge in [-0.2, -0.15) is 5.10 Å². The molecule has 5 heteroatoms. The van der Waals surface area contributed by atoms with Crippen LogP contribution in [0.15, 0.2) is 200 Å². The van der Waals surface area contributed by atoms with Crippen LogP contribution in [0.25, 0.3) is 95.0 Å². The molecule has 2 heterocycles. The SMILES string of the molecule is c1ccc(-c2cccc(-c3nc(-c4ccccc4)nc(-c4ccc5cc(-c6ccccc6)c6c(-c7ccccc7)nn(-c7ccccc7)c6c5c4)n3)c2)cc1. The zero-order valence-corrected chi connectivity index (χ0v) is 29.8. The molecule has 0 spiro atoms. The Hall–Kier alpha value is -7.50. The first-order valence-electron chi connectivity index (χ1n) is 18.4.